The lowest BCUT2D eigenvalue weighted by molar-refractivity contribution is 0.0299. The summed E-state index contributed by atoms with van der Waals surface area (Å²) >= 11 is 0. The number of ether oxygens (including phenoxy) is 1. The smallest absolute Gasteiger partial charge is 0.256 e. The molecule has 3 rings (SSSR count). The highest BCUT2D eigenvalue weighted by Crippen LogP contribution is 2.30. The Morgan fingerprint density at radius 3 is 2.72 bits per heavy atom. The van der Waals surface area contributed by atoms with Crippen LogP contribution in [0.1, 0.15) is 48.8 Å². The van der Waals surface area contributed by atoms with Crippen LogP contribution in [0.15, 0.2) is 12.3 Å². The number of fused-ring (bicyclic) bond motifs is 1. The second-order valence-electron chi connectivity index (χ2n) is 5.45. The van der Waals surface area contributed by atoms with Crippen LogP contribution in [0, 0.1) is 0 Å². The van der Waals surface area contributed by atoms with Gasteiger partial charge in [0.25, 0.3) is 5.91 Å². The molecule has 1 aromatic heterocycles. The van der Waals surface area contributed by atoms with Crippen molar-refractivity contribution in [1.82, 2.24) is 9.47 Å². The first-order valence-corrected chi connectivity index (χ1v) is 6.77. The van der Waals surface area contributed by atoms with Gasteiger partial charge in [-0.3, -0.25) is 4.79 Å². The zero-order valence-corrected chi connectivity index (χ0v) is 11.1. The maximum atomic E-state index is 12.4. The van der Waals surface area contributed by atoms with Gasteiger partial charge in [-0.25, -0.2) is 0 Å². The van der Waals surface area contributed by atoms with Crippen LogP contribution in [-0.2, 0) is 11.3 Å². The summed E-state index contributed by atoms with van der Waals surface area (Å²) in [7, 11) is 0. The summed E-state index contributed by atoms with van der Waals surface area (Å²) < 4.78 is 7.59. The van der Waals surface area contributed by atoms with Crippen molar-refractivity contribution in [3.63, 3.8) is 0 Å². The van der Waals surface area contributed by atoms with E-state index in [2.05, 4.69) is 18.4 Å². The molecule has 0 aliphatic carbocycles. The van der Waals surface area contributed by atoms with E-state index >= 15 is 0 Å². The van der Waals surface area contributed by atoms with Crippen LogP contribution in [0.5, 0.6) is 0 Å². The molecule has 0 spiro atoms. The molecular formula is C14H20N2O2. The Kier molecular flexibility index (Phi) is 2.90. The molecule has 0 unspecified atom stereocenters. The highest BCUT2D eigenvalue weighted by molar-refractivity contribution is 5.98. The average molecular weight is 248 g/mol. The van der Waals surface area contributed by atoms with E-state index in [1.165, 1.54) is 5.69 Å². The van der Waals surface area contributed by atoms with E-state index in [1.54, 1.807) is 0 Å². The molecule has 1 amide bonds. The molecule has 1 saturated heterocycles. The van der Waals surface area contributed by atoms with Gasteiger partial charge in [0.05, 0.1) is 17.8 Å². The van der Waals surface area contributed by atoms with Gasteiger partial charge in [-0.05, 0) is 32.8 Å². The van der Waals surface area contributed by atoms with Crippen LogP contribution in [0.3, 0.4) is 0 Å². The van der Waals surface area contributed by atoms with Crippen molar-refractivity contribution in [3.8, 4) is 0 Å². The van der Waals surface area contributed by atoms with Crippen LogP contribution in [0.25, 0.3) is 0 Å². The Bertz CT molecular complexity index is 458. The van der Waals surface area contributed by atoms with Crippen molar-refractivity contribution in [2.45, 2.75) is 45.3 Å². The van der Waals surface area contributed by atoms with Gasteiger partial charge >= 0.3 is 0 Å². The largest absolute Gasteiger partial charge is 0.381 e. The molecule has 1 fully saturated rings. The minimum atomic E-state index is 0.205. The molecule has 2 aliphatic rings. The number of nitrogens with zero attached hydrogens (tertiary/aromatic N) is 2. The maximum absolute atomic E-state index is 12.4. The predicted molar refractivity (Wildman–Crippen MR) is 68.5 cm³/mol. The lowest BCUT2D eigenvalue weighted by Crippen LogP contribution is -2.39. The minimum Gasteiger partial charge on any atom is -0.381 e. The number of hydrogen-bond donors (Lipinski definition) is 0. The first-order chi connectivity index (χ1) is 8.68. The van der Waals surface area contributed by atoms with Crippen LogP contribution in [-0.4, -0.2) is 34.6 Å². The van der Waals surface area contributed by atoms with Crippen LogP contribution < -0.4 is 0 Å². The zero-order chi connectivity index (χ0) is 12.7. The molecule has 1 aromatic rings. The summed E-state index contributed by atoms with van der Waals surface area (Å²) in [5.74, 6) is 0.205. The third-order valence-corrected chi connectivity index (χ3v) is 4.02. The fourth-order valence-corrected chi connectivity index (χ4v) is 3.01. The summed E-state index contributed by atoms with van der Waals surface area (Å²) in [6, 6.07) is 2.74. The summed E-state index contributed by atoms with van der Waals surface area (Å²) in [4.78, 5) is 14.4. The number of hydrogen-bond acceptors (Lipinski definition) is 2. The molecule has 0 radical (unpaired) electrons. The summed E-state index contributed by atoms with van der Waals surface area (Å²) in [5.41, 5.74) is 2.08. The topological polar surface area (TPSA) is 34.5 Å². The summed E-state index contributed by atoms with van der Waals surface area (Å²) in [5, 5.41) is 0. The van der Waals surface area contributed by atoms with Crippen molar-refractivity contribution in [1.29, 1.82) is 0 Å². The van der Waals surface area contributed by atoms with Gasteiger partial charge in [-0.15, -0.1) is 0 Å². The monoisotopic (exact) mass is 248 g/mol. The second kappa shape index (κ2) is 4.43. The van der Waals surface area contributed by atoms with Gasteiger partial charge in [-0.2, -0.15) is 0 Å². The SMILES string of the molecule is CC(C)n1ccc2c1CN(C1CCOCC1)C2=O. The zero-order valence-electron chi connectivity index (χ0n) is 11.1. The first kappa shape index (κ1) is 11.8. The number of rotatable bonds is 2. The highest BCUT2D eigenvalue weighted by atomic mass is 16.5. The first-order valence-electron chi connectivity index (χ1n) is 6.77. The van der Waals surface area contributed by atoms with E-state index in [0.29, 0.717) is 12.1 Å². The Balaban J connectivity index is 1.84. The maximum Gasteiger partial charge on any atom is 0.256 e. The van der Waals surface area contributed by atoms with E-state index in [1.807, 2.05) is 17.2 Å². The van der Waals surface area contributed by atoms with Gasteiger partial charge < -0.3 is 14.2 Å². The molecule has 0 N–H and O–H groups in total. The van der Waals surface area contributed by atoms with E-state index in [4.69, 9.17) is 4.74 Å². The van der Waals surface area contributed by atoms with Crippen molar-refractivity contribution < 1.29 is 9.53 Å². The van der Waals surface area contributed by atoms with Gasteiger partial charge in [0.15, 0.2) is 0 Å². The number of amides is 1. The number of carbonyl (C=O) groups excluding carboxylic acids is 1. The van der Waals surface area contributed by atoms with Crippen LogP contribution in [0.2, 0.25) is 0 Å². The van der Waals surface area contributed by atoms with Crippen molar-refractivity contribution in [2.75, 3.05) is 13.2 Å². The van der Waals surface area contributed by atoms with Gasteiger partial charge in [0.1, 0.15) is 0 Å². The minimum absolute atomic E-state index is 0.205. The van der Waals surface area contributed by atoms with E-state index in [9.17, 15) is 4.79 Å². The Morgan fingerprint density at radius 2 is 2.06 bits per heavy atom. The summed E-state index contributed by atoms with van der Waals surface area (Å²) in [6.45, 7) is 6.64. The highest BCUT2D eigenvalue weighted by Gasteiger charge is 2.35. The van der Waals surface area contributed by atoms with E-state index < -0.39 is 0 Å². The molecule has 0 atom stereocenters. The Labute approximate surface area is 108 Å². The molecule has 0 bridgehead atoms. The van der Waals surface area contributed by atoms with Crippen LogP contribution in [0.4, 0.5) is 0 Å². The molecular weight excluding hydrogens is 228 g/mol. The molecule has 18 heavy (non-hydrogen) atoms. The van der Waals surface area contributed by atoms with Crippen molar-refractivity contribution in [2.24, 2.45) is 0 Å². The predicted octanol–water partition coefficient (Wildman–Crippen LogP) is 2.20. The van der Waals surface area contributed by atoms with Crippen molar-refractivity contribution in [3.05, 3.63) is 23.5 Å². The van der Waals surface area contributed by atoms with Gasteiger partial charge in [0.2, 0.25) is 0 Å². The molecule has 3 heterocycles. The lowest BCUT2D eigenvalue weighted by Gasteiger charge is -2.31. The molecule has 0 aromatic carbocycles. The molecule has 98 valence electrons. The third-order valence-electron chi connectivity index (χ3n) is 4.02. The van der Waals surface area contributed by atoms with Crippen molar-refractivity contribution >= 4 is 5.91 Å². The Hall–Kier alpha value is -1.29. The summed E-state index contributed by atoms with van der Waals surface area (Å²) in [6.07, 6.45) is 3.98. The van der Waals surface area contributed by atoms with E-state index in [-0.39, 0.29) is 5.91 Å². The molecule has 4 heteroatoms. The molecule has 4 nitrogen and oxygen atoms in total. The lowest BCUT2D eigenvalue weighted by atomic mass is 10.1. The fraction of sp³-hybridized carbons (Fsp3) is 0.643. The van der Waals surface area contributed by atoms with E-state index in [0.717, 1.165) is 38.2 Å². The molecule has 2 aliphatic heterocycles. The fourth-order valence-electron chi connectivity index (χ4n) is 3.01. The average Bonchev–Trinajstić information content (AvgIpc) is 2.91. The third kappa shape index (κ3) is 1.75. The quantitative estimate of drug-likeness (QED) is 0.804. The standard InChI is InChI=1S/C14H20N2O2/c1-10(2)15-6-3-12-13(15)9-16(14(12)17)11-4-7-18-8-5-11/h3,6,10-11H,4-5,7-9H2,1-2H3. The van der Waals surface area contributed by atoms with Crippen LogP contribution >= 0.6 is 0 Å². The molecule has 0 saturated carbocycles. The number of carbonyl (C=O) groups is 1. The van der Waals surface area contributed by atoms with Gasteiger partial charge in [-0.1, -0.05) is 0 Å². The Morgan fingerprint density at radius 1 is 1.33 bits per heavy atom. The second-order valence-corrected chi connectivity index (χ2v) is 5.45. The normalized spacial score (nSPS) is 20.8. The number of aromatic nitrogens is 1. The van der Waals surface area contributed by atoms with Gasteiger partial charge in [0, 0.05) is 31.5 Å².